The SMILES string of the molecule is C[C](C)(C)[Ge]([Cl])([Cl])[C](C)(C)C. The molecule has 11 heavy (non-hydrogen) atoms. The van der Waals surface area contributed by atoms with Gasteiger partial charge in [-0.2, -0.15) is 0 Å². The Morgan fingerprint density at radius 1 is 0.727 bits per heavy atom. The van der Waals surface area contributed by atoms with Gasteiger partial charge in [-0.15, -0.1) is 0 Å². The van der Waals surface area contributed by atoms with Crippen LogP contribution in [0.3, 0.4) is 0 Å². The summed E-state index contributed by atoms with van der Waals surface area (Å²) in [6, 6.07) is 0. The van der Waals surface area contributed by atoms with Crippen molar-refractivity contribution < 1.29 is 0 Å². The second-order valence-corrected chi connectivity index (χ2v) is 20.7. The number of hydrogen-bond acceptors (Lipinski definition) is 0. The third kappa shape index (κ3) is 2.53. The molecular weight excluding hydrogens is 240 g/mol. The van der Waals surface area contributed by atoms with E-state index >= 15 is 0 Å². The van der Waals surface area contributed by atoms with E-state index in [1.54, 1.807) is 0 Å². The molecule has 0 bridgehead atoms. The maximum absolute atomic E-state index is 6.44. The number of halogens is 2. The summed E-state index contributed by atoms with van der Waals surface area (Å²) >= 11 is -2.68. The van der Waals surface area contributed by atoms with Gasteiger partial charge in [0.1, 0.15) is 0 Å². The van der Waals surface area contributed by atoms with Gasteiger partial charge in [0.25, 0.3) is 0 Å². The first-order valence-electron chi connectivity index (χ1n) is 3.88. The van der Waals surface area contributed by atoms with Crippen molar-refractivity contribution in [2.45, 2.75) is 50.0 Å². The van der Waals surface area contributed by atoms with E-state index in [1.165, 1.54) is 0 Å². The molecule has 0 radical (unpaired) electrons. The van der Waals surface area contributed by atoms with E-state index in [1.807, 2.05) is 0 Å². The minimum atomic E-state index is -2.68. The molecule has 0 aromatic carbocycles. The average Bonchev–Trinajstić information content (AvgIpc) is 1.58. The van der Waals surface area contributed by atoms with Crippen LogP contribution in [0.5, 0.6) is 0 Å². The fourth-order valence-electron chi connectivity index (χ4n) is 1.12. The first-order chi connectivity index (χ1) is 4.50. The van der Waals surface area contributed by atoms with Crippen LogP contribution in [0.2, 0.25) is 8.49 Å². The van der Waals surface area contributed by atoms with Crippen molar-refractivity contribution in [3.05, 3.63) is 0 Å². The quantitative estimate of drug-likeness (QED) is 0.560. The molecule has 0 aliphatic carbocycles. The van der Waals surface area contributed by atoms with Crippen LogP contribution in [0.1, 0.15) is 41.5 Å². The summed E-state index contributed by atoms with van der Waals surface area (Å²) in [7, 11) is 12.9. The Morgan fingerprint density at radius 2 is 0.909 bits per heavy atom. The maximum atomic E-state index is 6.44. The van der Waals surface area contributed by atoms with Gasteiger partial charge < -0.3 is 0 Å². The summed E-state index contributed by atoms with van der Waals surface area (Å²) in [4.78, 5) is 0. The van der Waals surface area contributed by atoms with Crippen LogP contribution >= 0.6 is 20.0 Å². The molecule has 0 atom stereocenters. The van der Waals surface area contributed by atoms with Crippen molar-refractivity contribution >= 4 is 31.4 Å². The van der Waals surface area contributed by atoms with Crippen molar-refractivity contribution in [2.75, 3.05) is 0 Å². The van der Waals surface area contributed by atoms with Crippen LogP contribution in [0, 0.1) is 0 Å². The predicted molar refractivity (Wildman–Crippen MR) is 56.9 cm³/mol. The molecule has 0 unspecified atom stereocenters. The molecule has 3 heteroatoms. The Morgan fingerprint density at radius 3 is 0.909 bits per heavy atom. The van der Waals surface area contributed by atoms with Crippen molar-refractivity contribution in [3.8, 4) is 0 Å². The van der Waals surface area contributed by atoms with E-state index in [9.17, 15) is 0 Å². The predicted octanol–water partition coefficient (Wildman–Crippen LogP) is 4.51. The van der Waals surface area contributed by atoms with Crippen LogP contribution < -0.4 is 0 Å². The molecule has 0 aromatic rings. The molecule has 0 N–H and O–H groups in total. The molecule has 0 nitrogen and oxygen atoms in total. The molecule has 0 heterocycles. The molecule has 0 saturated carbocycles. The normalized spacial score (nSPS) is 15.3. The minimum absolute atomic E-state index is 0.0986. The summed E-state index contributed by atoms with van der Waals surface area (Å²) in [5, 5.41) is 0. The van der Waals surface area contributed by atoms with E-state index in [0.29, 0.717) is 0 Å². The summed E-state index contributed by atoms with van der Waals surface area (Å²) in [5.41, 5.74) is 0. The molecule has 0 aliphatic heterocycles. The van der Waals surface area contributed by atoms with Crippen molar-refractivity contribution in [1.82, 2.24) is 0 Å². The van der Waals surface area contributed by atoms with E-state index < -0.39 is 11.4 Å². The average molecular weight is 258 g/mol. The van der Waals surface area contributed by atoms with Gasteiger partial charge in [0.15, 0.2) is 0 Å². The van der Waals surface area contributed by atoms with Crippen LogP contribution in [0.4, 0.5) is 0 Å². The summed E-state index contributed by atoms with van der Waals surface area (Å²) < 4.78 is 0.197. The van der Waals surface area contributed by atoms with Gasteiger partial charge in [-0.1, -0.05) is 0 Å². The molecule has 0 aliphatic rings. The third-order valence-corrected chi connectivity index (χ3v) is 21.6. The zero-order valence-corrected chi connectivity index (χ0v) is 11.9. The van der Waals surface area contributed by atoms with E-state index in [4.69, 9.17) is 20.0 Å². The molecule has 0 rings (SSSR count). The van der Waals surface area contributed by atoms with Crippen LogP contribution in [0.15, 0.2) is 0 Å². The van der Waals surface area contributed by atoms with Gasteiger partial charge in [0.2, 0.25) is 0 Å². The van der Waals surface area contributed by atoms with Gasteiger partial charge in [-0.3, -0.25) is 0 Å². The summed E-state index contributed by atoms with van der Waals surface area (Å²) in [6.07, 6.45) is 0. The molecule has 0 fully saturated rings. The molecule has 0 amide bonds. The first-order valence-corrected chi connectivity index (χ1v) is 11.5. The van der Waals surface area contributed by atoms with Crippen molar-refractivity contribution in [2.24, 2.45) is 0 Å². The van der Waals surface area contributed by atoms with E-state index in [2.05, 4.69) is 41.5 Å². The van der Waals surface area contributed by atoms with Gasteiger partial charge in [-0.05, 0) is 0 Å². The standard InChI is InChI=1S/C8H18Cl2Ge/c1-7(2,3)11(9,10)8(4,5)6/h1-6H3. The molecule has 0 spiro atoms. The van der Waals surface area contributed by atoms with Crippen molar-refractivity contribution in [3.63, 3.8) is 0 Å². The number of hydrogen-bond donors (Lipinski definition) is 0. The van der Waals surface area contributed by atoms with E-state index in [-0.39, 0.29) is 8.49 Å². The zero-order chi connectivity index (χ0) is 9.50. The van der Waals surface area contributed by atoms with Gasteiger partial charge >= 0.3 is 81.5 Å². The van der Waals surface area contributed by atoms with Crippen molar-refractivity contribution in [1.29, 1.82) is 0 Å². The van der Waals surface area contributed by atoms with Gasteiger partial charge in [0.05, 0.1) is 0 Å². The Bertz CT molecular complexity index is 123. The monoisotopic (exact) mass is 258 g/mol. The Labute approximate surface area is 81.4 Å². The second kappa shape index (κ2) is 3.12. The van der Waals surface area contributed by atoms with Crippen LogP contribution in [-0.4, -0.2) is 11.4 Å². The number of rotatable bonds is 0. The zero-order valence-electron chi connectivity index (χ0n) is 8.26. The Kier molecular flexibility index (Phi) is 3.44. The summed E-state index contributed by atoms with van der Waals surface area (Å²) in [6.45, 7) is 12.8. The van der Waals surface area contributed by atoms with Crippen LogP contribution in [0.25, 0.3) is 0 Å². The Hall–Kier alpha value is 1.12. The van der Waals surface area contributed by atoms with E-state index in [0.717, 1.165) is 0 Å². The Balaban J connectivity index is 4.75. The van der Waals surface area contributed by atoms with Gasteiger partial charge in [0, 0.05) is 0 Å². The summed E-state index contributed by atoms with van der Waals surface area (Å²) in [5.74, 6) is 0. The fraction of sp³-hybridized carbons (Fsp3) is 1.00. The third-order valence-electron chi connectivity index (χ3n) is 1.88. The van der Waals surface area contributed by atoms with Crippen LogP contribution in [-0.2, 0) is 0 Å². The molecule has 0 aromatic heterocycles. The first kappa shape index (κ1) is 12.1. The topological polar surface area (TPSA) is 0 Å². The fourth-order valence-corrected chi connectivity index (χ4v) is 5.85. The van der Waals surface area contributed by atoms with Gasteiger partial charge in [-0.25, -0.2) is 0 Å². The molecule has 68 valence electrons. The molecular formula is C8H18Cl2Ge. The second-order valence-electron chi connectivity index (χ2n) is 5.07. The molecule has 0 saturated heterocycles.